The van der Waals surface area contributed by atoms with Crippen LogP contribution in [-0.2, 0) is 14.3 Å². The Morgan fingerprint density at radius 1 is 1.44 bits per heavy atom. The molecule has 1 N–H and O–H groups in total. The molecule has 3 unspecified atom stereocenters. The lowest BCUT2D eigenvalue weighted by Gasteiger charge is -2.30. The number of nitrogens with one attached hydrogen (secondary N) is 1. The summed E-state index contributed by atoms with van der Waals surface area (Å²) in [6.45, 7) is 8.62. The zero-order chi connectivity index (χ0) is 13.2. The first-order valence-corrected chi connectivity index (χ1v) is 6.89. The molecule has 2 aliphatic rings. The summed E-state index contributed by atoms with van der Waals surface area (Å²) >= 11 is 0. The second kappa shape index (κ2) is 5.55. The fourth-order valence-electron chi connectivity index (χ4n) is 2.61. The van der Waals surface area contributed by atoms with E-state index in [2.05, 4.69) is 12.2 Å². The van der Waals surface area contributed by atoms with Crippen LogP contribution < -0.4 is 5.32 Å². The third-order valence-electron chi connectivity index (χ3n) is 3.97. The molecule has 5 nitrogen and oxygen atoms in total. The lowest BCUT2D eigenvalue weighted by Crippen LogP contribution is -2.46. The van der Waals surface area contributed by atoms with Crippen molar-refractivity contribution in [1.82, 2.24) is 10.2 Å². The molecule has 0 bridgehead atoms. The molecule has 0 aromatic heterocycles. The lowest BCUT2D eigenvalue weighted by molar-refractivity contribution is -0.139. The minimum absolute atomic E-state index is 0.0118. The molecule has 2 saturated heterocycles. The van der Waals surface area contributed by atoms with Gasteiger partial charge in [0, 0.05) is 0 Å². The molecule has 104 valence electrons. The zero-order valence-corrected chi connectivity index (χ0v) is 11.6. The van der Waals surface area contributed by atoms with Gasteiger partial charge in [0.15, 0.2) is 0 Å². The highest BCUT2D eigenvalue weighted by atomic mass is 16.6. The van der Waals surface area contributed by atoms with Gasteiger partial charge in [-0.05, 0) is 19.8 Å². The summed E-state index contributed by atoms with van der Waals surface area (Å²) in [4.78, 5) is 14.4. The third kappa shape index (κ3) is 2.53. The van der Waals surface area contributed by atoms with Gasteiger partial charge in [-0.3, -0.25) is 10.1 Å². The first-order chi connectivity index (χ1) is 8.60. The van der Waals surface area contributed by atoms with Crippen LogP contribution in [0.3, 0.4) is 0 Å². The highest BCUT2D eigenvalue weighted by Gasteiger charge is 2.46. The first-order valence-electron chi connectivity index (χ1n) is 6.89. The summed E-state index contributed by atoms with van der Waals surface area (Å²) in [5.41, 5.74) is -0.420. The number of amides is 1. The first kappa shape index (κ1) is 13.8. The molecule has 3 atom stereocenters. The molecule has 0 spiro atoms. The molecule has 0 aromatic carbocycles. The topological polar surface area (TPSA) is 50.8 Å². The smallest absolute Gasteiger partial charge is 0.243 e. The van der Waals surface area contributed by atoms with E-state index in [4.69, 9.17) is 9.47 Å². The summed E-state index contributed by atoms with van der Waals surface area (Å²) in [5, 5.41) is 3.44. The second-order valence-corrected chi connectivity index (χ2v) is 5.28. The molecule has 2 heterocycles. The monoisotopic (exact) mass is 256 g/mol. The van der Waals surface area contributed by atoms with E-state index in [-0.39, 0.29) is 18.2 Å². The van der Waals surface area contributed by atoms with Gasteiger partial charge in [0.2, 0.25) is 5.91 Å². The Kier molecular flexibility index (Phi) is 4.25. The molecule has 2 rings (SSSR count). The number of rotatable bonds is 4. The van der Waals surface area contributed by atoms with Crippen LogP contribution in [0, 0.1) is 0 Å². The zero-order valence-electron chi connectivity index (χ0n) is 11.6. The number of carbonyl (C=O) groups excluding carboxylic acids is 1. The van der Waals surface area contributed by atoms with Gasteiger partial charge < -0.3 is 14.4 Å². The molecule has 18 heavy (non-hydrogen) atoms. The molecule has 1 amide bonds. The quantitative estimate of drug-likeness (QED) is 0.806. The van der Waals surface area contributed by atoms with Gasteiger partial charge in [0.1, 0.15) is 0 Å². The van der Waals surface area contributed by atoms with E-state index in [1.165, 1.54) is 0 Å². The molecule has 2 aliphatic heterocycles. The van der Waals surface area contributed by atoms with Crippen LogP contribution in [0.5, 0.6) is 0 Å². The molecule has 2 fully saturated rings. The Bertz CT molecular complexity index is 305. The average molecular weight is 256 g/mol. The van der Waals surface area contributed by atoms with Gasteiger partial charge in [-0.2, -0.15) is 0 Å². The number of carbonyl (C=O) groups is 1. The molecule has 0 aliphatic carbocycles. The van der Waals surface area contributed by atoms with Gasteiger partial charge in [-0.15, -0.1) is 0 Å². The number of nitrogens with zero attached hydrogens (tertiary/aromatic N) is 1. The molecule has 0 saturated carbocycles. The molecular weight excluding hydrogens is 232 g/mol. The van der Waals surface area contributed by atoms with Crippen molar-refractivity contribution in [2.45, 2.75) is 51.4 Å². The highest BCUT2D eigenvalue weighted by Crippen LogP contribution is 2.25. The maximum Gasteiger partial charge on any atom is 0.243 e. The molecule has 5 heteroatoms. The number of hydrogen-bond donors (Lipinski definition) is 1. The van der Waals surface area contributed by atoms with E-state index in [1.54, 1.807) is 0 Å². The average Bonchev–Trinajstić information content (AvgIpc) is 2.65. The highest BCUT2D eigenvalue weighted by molar-refractivity contribution is 5.88. The Morgan fingerprint density at radius 2 is 2.22 bits per heavy atom. The van der Waals surface area contributed by atoms with Crippen molar-refractivity contribution < 1.29 is 14.3 Å². The largest absolute Gasteiger partial charge is 0.376 e. The van der Waals surface area contributed by atoms with E-state index < -0.39 is 5.54 Å². The van der Waals surface area contributed by atoms with E-state index in [9.17, 15) is 4.79 Å². The predicted molar refractivity (Wildman–Crippen MR) is 68.2 cm³/mol. The van der Waals surface area contributed by atoms with E-state index in [1.807, 2.05) is 18.7 Å². The minimum Gasteiger partial charge on any atom is -0.376 e. The Hall–Kier alpha value is -0.650. The van der Waals surface area contributed by atoms with Crippen LogP contribution in [-0.4, -0.2) is 55.0 Å². The summed E-state index contributed by atoms with van der Waals surface area (Å²) in [7, 11) is 0. The minimum atomic E-state index is -0.420. The van der Waals surface area contributed by atoms with E-state index in [0.717, 1.165) is 12.8 Å². The second-order valence-electron chi connectivity index (χ2n) is 5.28. The summed E-state index contributed by atoms with van der Waals surface area (Å²) in [5.74, 6) is 0.186. The van der Waals surface area contributed by atoms with Gasteiger partial charge >= 0.3 is 0 Å². The molecule has 0 radical (unpaired) electrons. The summed E-state index contributed by atoms with van der Waals surface area (Å²) < 4.78 is 11.0. The van der Waals surface area contributed by atoms with Crippen LogP contribution in [0.25, 0.3) is 0 Å². The number of ether oxygens (including phenoxy) is 2. The normalized spacial score (nSPS) is 37.3. The Morgan fingerprint density at radius 3 is 2.78 bits per heavy atom. The standard InChI is InChI=1S/C13H24N2O3/c1-4-11-14-13(3,5-2)12(16)15(11)8-10-9-17-6-7-18-10/h10-11,14H,4-9H2,1-3H3. The van der Waals surface area contributed by atoms with Crippen molar-refractivity contribution in [2.75, 3.05) is 26.4 Å². The van der Waals surface area contributed by atoms with Crippen LogP contribution in [0.2, 0.25) is 0 Å². The predicted octanol–water partition coefficient (Wildman–Crippen LogP) is 0.738. The molecule has 0 aromatic rings. The van der Waals surface area contributed by atoms with Crippen molar-refractivity contribution in [2.24, 2.45) is 0 Å². The summed E-state index contributed by atoms with van der Waals surface area (Å²) in [6.07, 6.45) is 1.85. The van der Waals surface area contributed by atoms with Crippen molar-refractivity contribution in [3.8, 4) is 0 Å². The van der Waals surface area contributed by atoms with Gasteiger partial charge in [-0.25, -0.2) is 0 Å². The Balaban J connectivity index is 2.03. The van der Waals surface area contributed by atoms with Gasteiger partial charge in [0.25, 0.3) is 0 Å². The fourth-order valence-corrected chi connectivity index (χ4v) is 2.61. The third-order valence-corrected chi connectivity index (χ3v) is 3.97. The lowest BCUT2D eigenvalue weighted by atomic mass is 9.99. The van der Waals surface area contributed by atoms with Crippen molar-refractivity contribution in [1.29, 1.82) is 0 Å². The van der Waals surface area contributed by atoms with Gasteiger partial charge in [-0.1, -0.05) is 13.8 Å². The van der Waals surface area contributed by atoms with Crippen molar-refractivity contribution >= 4 is 5.91 Å². The van der Waals surface area contributed by atoms with Crippen LogP contribution in [0.4, 0.5) is 0 Å². The summed E-state index contributed by atoms with van der Waals surface area (Å²) in [6, 6.07) is 0. The maximum absolute atomic E-state index is 12.5. The van der Waals surface area contributed by atoms with E-state index >= 15 is 0 Å². The number of hydrogen-bond acceptors (Lipinski definition) is 4. The van der Waals surface area contributed by atoms with E-state index in [0.29, 0.717) is 26.4 Å². The van der Waals surface area contributed by atoms with Crippen LogP contribution in [0.15, 0.2) is 0 Å². The van der Waals surface area contributed by atoms with Crippen molar-refractivity contribution in [3.63, 3.8) is 0 Å². The Labute approximate surface area is 109 Å². The van der Waals surface area contributed by atoms with Crippen LogP contribution >= 0.6 is 0 Å². The van der Waals surface area contributed by atoms with Crippen molar-refractivity contribution in [3.05, 3.63) is 0 Å². The molecular formula is C13H24N2O3. The van der Waals surface area contributed by atoms with Gasteiger partial charge in [0.05, 0.1) is 44.2 Å². The fraction of sp³-hybridized carbons (Fsp3) is 0.923. The maximum atomic E-state index is 12.5. The SMILES string of the molecule is CCC1NC(C)(CC)C(=O)N1CC1COCCO1. The van der Waals surface area contributed by atoms with Crippen LogP contribution in [0.1, 0.15) is 33.6 Å².